The van der Waals surface area contributed by atoms with Crippen molar-refractivity contribution in [2.45, 2.75) is 18.9 Å². The minimum Gasteiger partial charge on any atom is -0.480 e. The van der Waals surface area contributed by atoms with E-state index < -0.39 is 25.0 Å². The highest BCUT2D eigenvalue weighted by Gasteiger charge is 2.31. The van der Waals surface area contributed by atoms with Gasteiger partial charge in [-0.25, -0.2) is 13.6 Å². The van der Waals surface area contributed by atoms with Gasteiger partial charge in [0.25, 0.3) is 6.43 Å². The van der Waals surface area contributed by atoms with E-state index in [0.717, 1.165) is 0 Å². The van der Waals surface area contributed by atoms with E-state index in [9.17, 15) is 18.4 Å². The van der Waals surface area contributed by atoms with Gasteiger partial charge in [-0.3, -0.25) is 4.79 Å². The first kappa shape index (κ1) is 15.2. The normalized spacial score (nSPS) is 20.2. The first-order valence-corrected chi connectivity index (χ1v) is 6.63. The van der Waals surface area contributed by atoms with Gasteiger partial charge in [0.2, 0.25) is 5.91 Å². The molecular formula is C10H15F2NO4S. The van der Waals surface area contributed by atoms with Crippen molar-refractivity contribution in [1.82, 2.24) is 4.90 Å². The fourth-order valence-electron chi connectivity index (χ4n) is 1.58. The van der Waals surface area contributed by atoms with Gasteiger partial charge in [0.1, 0.15) is 12.6 Å². The smallest absolute Gasteiger partial charge is 0.327 e. The van der Waals surface area contributed by atoms with Gasteiger partial charge in [-0.05, 0) is 0 Å². The Kier molecular flexibility index (Phi) is 6.34. The second-order valence-electron chi connectivity index (χ2n) is 3.73. The number of nitrogens with zero attached hydrogens (tertiary/aromatic N) is 1. The molecule has 1 rings (SSSR count). The molecule has 1 atom stereocenters. The Balaban J connectivity index is 2.36. The monoisotopic (exact) mass is 283 g/mol. The SMILES string of the molecule is O=C(O)C1CSCCN1C(=O)CCOCC(F)F. The van der Waals surface area contributed by atoms with E-state index in [0.29, 0.717) is 18.1 Å². The Bertz CT molecular complexity index is 304. The molecule has 0 aromatic rings. The summed E-state index contributed by atoms with van der Waals surface area (Å²) < 4.78 is 28.2. The van der Waals surface area contributed by atoms with E-state index in [1.807, 2.05) is 0 Å². The minimum atomic E-state index is -2.56. The lowest BCUT2D eigenvalue weighted by atomic mass is 10.2. The van der Waals surface area contributed by atoms with Crippen LogP contribution in [-0.4, -0.2) is 65.6 Å². The number of ether oxygens (including phenoxy) is 1. The van der Waals surface area contributed by atoms with Crippen LogP contribution in [0.1, 0.15) is 6.42 Å². The summed E-state index contributed by atoms with van der Waals surface area (Å²) in [5.41, 5.74) is 0. The summed E-state index contributed by atoms with van der Waals surface area (Å²) in [4.78, 5) is 24.0. The predicted molar refractivity (Wildman–Crippen MR) is 61.9 cm³/mol. The molecule has 1 saturated heterocycles. The molecule has 104 valence electrons. The van der Waals surface area contributed by atoms with Crippen LogP contribution < -0.4 is 0 Å². The third-order valence-electron chi connectivity index (χ3n) is 2.44. The summed E-state index contributed by atoms with van der Waals surface area (Å²) in [6.45, 7) is -0.444. The van der Waals surface area contributed by atoms with Crippen molar-refractivity contribution in [1.29, 1.82) is 0 Å². The van der Waals surface area contributed by atoms with Crippen molar-refractivity contribution in [3.63, 3.8) is 0 Å². The Labute approximate surface area is 107 Å². The molecule has 5 nitrogen and oxygen atoms in total. The van der Waals surface area contributed by atoms with Crippen LogP contribution in [0.25, 0.3) is 0 Å². The first-order valence-electron chi connectivity index (χ1n) is 5.48. The van der Waals surface area contributed by atoms with E-state index in [2.05, 4.69) is 4.74 Å². The van der Waals surface area contributed by atoms with Gasteiger partial charge in [-0.15, -0.1) is 0 Å². The van der Waals surface area contributed by atoms with Gasteiger partial charge in [0.05, 0.1) is 13.0 Å². The Morgan fingerprint density at radius 1 is 1.50 bits per heavy atom. The van der Waals surface area contributed by atoms with Gasteiger partial charge < -0.3 is 14.7 Å². The topological polar surface area (TPSA) is 66.8 Å². The zero-order chi connectivity index (χ0) is 13.5. The Morgan fingerprint density at radius 2 is 2.22 bits per heavy atom. The average molecular weight is 283 g/mol. The summed E-state index contributed by atoms with van der Waals surface area (Å²) in [5, 5.41) is 8.96. The molecule has 0 radical (unpaired) electrons. The van der Waals surface area contributed by atoms with E-state index in [1.54, 1.807) is 0 Å². The number of carbonyl (C=O) groups is 2. The highest BCUT2D eigenvalue weighted by atomic mass is 32.2. The summed E-state index contributed by atoms with van der Waals surface area (Å²) in [6.07, 6.45) is -2.63. The molecule has 18 heavy (non-hydrogen) atoms. The average Bonchev–Trinajstić information content (AvgIpc) is 2.34. The van der Waals surface area contributed by atoms with Crippen molar-refractivity contribution in [2.75, 3.05) is 31.3 Å². The maximum Gasteiger partial charge on any atom is 0.327 e. The molecule has 0 spiro atoms. The fourth-order valence-corrected chi connectivity index (χ4v) is 2.62. The Morgan fingerprint density at radius 3 is 2.83 bits per heavy atom. The van der Waals surface area contributed by atoms with Crippen LogP contribution in [0, 0.1) is 0 Å². The molecule has 1 aliphatic rings. The lowest BCUT2D eigenvalue weighted by Gasteiger charge is -2.32. The number of amides is 1. The second kappa shape index (κ2) is 7.52. The standard InChI is InChI=1S/C10H15F2NO4S/c11-8(12)5-17-3-1-9(14)13-2-4-18-6-7(13)10(15)16/h7-8H,1-6H2,(H,15,16). The molecule has 0 aromatic heterocycles. The number of rotatable bonds is 6. The van der Waals surface area contributed by atoms with Crippen molar-refractivity contribution < 1.29 is 28.2 Å². The molecular weight excluding hydrogens is 268 g/mol. The van der Waals surface area contributed by atoms with Gasteiger partial charge in [0.15, 0.2) is 0 Å². The molecule has 0 bridgehead atoms. The van der Waals surface area contributed by atoms with Crippen LogP contribution in [0.4, 0.5) is 8.78 Å². The number of thioether (sulfide) groups is 1. The van der Waals surface area contributed by atoms with Crippen molar-refractivity contribution in [3.05, 3.63) is 0 Å². The number of hydrogen-bond donors (Lipinski definition) is 1. The van der Waals surface area contributed by atoms with Gasteiger partial charge in [-0.2, -0.15) is 11.8 Å². The minimum absolute atomic E-state index is 0.0683. The fraction of sp³-hybridized carbons (Fsp3) is 0.800. The summed E-state index contributed by atoms with van der Waals surface area (Å²) >= 11 is 1.48. The number of carboxylic acid groups (broad SMARTS) is 1. The van der Waals surface area contributed by atoms with Gasteiger partial charge in [-0.1, -0.05) is 0 Å². The van der Waals surface area contributed by atoms with E-state index >= 15 is 0 Å². The Hall–Kier alpha value is -0.890. The molecule has 1 N–H and O–H groups in total. The molecule has 1 fully saturated rings. The molecule has 0 aliphatic carbocycles. The second-order valence-corrected chi connectivity index (χ2v) is 4.88. The van der Waals surface area contributed by atoms with Crippen molar-refractivity contribution in [3.8, 4) is 0 Å². The summed E-state index contributed by atoms with van der Waals surface area (Å²) in [6, 6.07) is -0.827. The maximum atomic E-state index is 11.8. The van der Waals surface area contributed by atoms with E-state index in [4.69, 9.17) is 5.11 Å². The zero-order valence-corrected chi connectivity index (χ0v) is 10.5. The molecule has 1 amide bonds. The van der Waals surface area contributed by atoms with Crippen molar-refractivity contribution in [2.24, 2.45) is 0 Å². The summed E-state index contributed by atoms with van der Waals surface area (Å²) in [7, 11) is 0. The highest BCUT2D eigenvalue weighted by Crippen LogP contribution is 2.17. The number of alkyl halides is 2. The first-order chi connectivity index (χ1) is 8.52. The largest absolute Gasteiger partial charge is 0.480 e. The number of aliphatic carboxylic acids is 1. The van der Waals surface area contributed by atoms with Gasteiger partial charge in [0, 0.05) is 18.1 Å². The van der Waals surface area contributed by atoms with Crippen LogP contribution >= 0.6 is 11.8 Å². The highest BCUT2D eigenvalue weighted by molar-refractivity contribution is 7.99. The number of hydrogen-bond acceptors (Lipinski definition) is 4. The number of carboxylic acids is 1. The number of carbonyl (C=O) groups excluding carboxylic acids is 1. The van der Waals surface area contributed by atoms with E-state index in [1.165, 1.54) is 16.7 Å². The third kappa shape index (κ3) is 4.77. The molecule has 0 aromatic carbocycles. The zero-order valence-electron chi connectivity index (χ0n) is 9.68. The van der Waals surface area contributed by atoms with Crippen LogP contribution in [0.5, 0.6) is 0 Å². The summed E-state index contributed by atoms with van der Waals surface area (Å²) in [5.74, 6) is -0.354. The lowest BCUT2D eigenvalue weighted by Crippen LogP contribution is -2.50. The van der Waals surface area contributed by atoms with Crippen LogP contribution in [0.3, 0.4) is 0 Å². The maximum absolute atomic E-state index is 11.8. The van der Waals surface area contributed by atoms with Gasteiger partial charge >= 0.3 is 5.97 Å². The van der Waals surface area contributed by atoms with E-state index in [-0.39, 0.29) is 18.9 Å². The quantitative estimate of drug-likeness (QED) is 0.726. The third-order valence-corrected chi connectivity index (χ3v) is 3.46. The molecule has 8 heteroatoms. The lowest BCUT2D eigenvalue weighted by molar-refractivity contribution is -0.149. The van der Waals surface area contributed by atoms with Crippen LogP contribution in [-0.2, 0) is 14.3 Å². The van der Waals surface area contributed by atoms with Crippen LogP contribution in [0.2, 0.25) is 0 Å². The molecule has 1 heterocycles. The number of halogens is 2. The molecule has 1 unspecified atom stereocenters. The molecule has 0 saturated carbocycles. The molecule has 1 aliphatic heterocycles. The predicted octanol–water partition coefficient (Wildman–Crippen LogP) is 0.687. The van der Waals surface area contributed by atoms with Crippen LogP contribution in [0.15, 0.2) is 0 Å². The van der Waals surface area contributed by atoms with Crippen molar-refractivity contribution >= 4 is 23.6 Å².